The highest BCUT2D eigenvalue weighted by Gasteiger charge is 2.37. The molecule has 1 aliphatic carbocycles. The second-order valence-corrected chi connectivity index (χ2v) is 13.2. The van der Waals surface area contributed by atoms with E-state index >= 15 is 0 Å². The van der Waals surface area contributed by atoms with Crippen molar-refractivity contribution in [1.82, 2.24) is 15.2 Å². The Balaban J connectivity index is 1.26. The number of hydrogen-bond donors (Lipinski definition) is 2. The number of benzene rings is 1. The van der Waals surface area contributed by atoms with E-state index in [1.807, 2.05) is 0 Å². The maximum absolute atomic E-state index is 13.3. The van der Waals surface area contributed by atoms with Gasteiger partial charge in [0.25, 0.3) is 5.91 Å². The maximum atomic E-state index is 13.3. The van der Waals surface area contributed by atoms with Gasteiger partial charge >= 0.3 is 0 Å². The number of carbonyl (C=O) groups excluding carboxylic acids is 2. The quantitative estimate of drug-likeness (QED) is 0.331. The summed E-state index contributed by atoms with van der Waals surface area (Å²) < 4.78 is 30.5. The molecule has 0 bridgehead atoms. The Hall–Kier alpha value is -2.87. The Morgan fingerprint density at radius 2 is 2.00 bits per heavy atom. The van der Waals surface area contributed by atoms with Crippen LogP contribution in [0, 0.1) is 0 Å². The van der Waals surface area contributed by atoms with Crippen LogP contribution in [0.15, 0.2) is 40.5 Å². The van der Waals surface area contributed by atoms with E-state index in [0.717, 1.165) is 24.4 Å². The first kappa shape index (κ1) is 26.7. The number of oxime groups is 1. The van der Waals surface area contributed by atoms with Crippen LogP contribution in [0.3, 0.4) is 0 Å². The van der Waals surface area contributed by atoms with Gasteiger partial charge in [-0.25, -0.2) is 13.4 Å². The lowest BCUT2D eigenvalue weighted by molar-refractivity contribution is -0.119. The average molecular weight is 562 g/mol. The van der Waals surface area contributed by atoms with Gasteiger partial charge in [-0.3, -0.25) is 19.8 Å². The summed E-state index contributed by atoms with van der Waals surface area (Å²) in [6.07, 6.45) is 4.41. The Morgan fingerprint density at radius 1 is 1.21 bits per heavy atom. The number of nitrogens with zero attached hydrogens (tertiary/aromatic N) is 3. The molecule has 2 saturated heterocycles. The number of hydrogen-bond acceptors (Lipinski definition) is 10. The van der Waals surface area contributed by atoms with Crippen molar-refractivity contribution in [2.75, 3.05) is 31.6 Å². The average Bonchev–Trinajstić information content (AvgIpc) is 3.22. The zero-order valence-electron chi connectivity index (χ0n) is 21.1. The molecule has 5 rings (SSSR count). The molecule has 0 spiro atoms. The zero-order valence-corrected chi connectivity index (χ0v) is 22.7. The van der Waals surface area contributed by atoms with Crippen LogP contribution in [0.25, 0.3) is 0 Å². The number of likely N-dealkylation sites (tertiary alicyclic amines) is 1. The van der Waals surface area contributed by atoms with Gasteiger partial charge in [-0.1, -0.05) is 17.3 Å². The molecule has 0 unspecified atom stereocenters. The molecule has 2 atom stereocenters. The molecule has 2 aromatic rings. The first-order valence-corrected chi connectivity index (χ1v) is 15.1. The molecular weight excluding hydrogens is 530 g/mol. The van der Waals surface area contributed by atoms with Crippen LogP contribution in [-0.2, 0) is 35.5 Å². The van der Waals surface area contributed by atoms with Crippen molar-refractivity contribution in [3.05, 3.63) is 40.9 Å². The Labute approximate surface area is 225 Å². The van der Waals surface area contributed by atoms with Crippen molar-refractivity contribution < 1.29 is 27.6 Å². The van der Waals surface area contributed by atoms with Crippen LogP contribution in [0.2, 0.25) is 0 Å². The molecule has 2 amide bonds. The molecule has 204 valence electrons. The summed E-state index contributed by atoms with van der Waals surface area (Å²) in [5.74, 6) is -0.532. The molecule has 2 N–H and O–H groups in total. The molecule has 3 heterocycles. The number of anilines is 1. The summed E-state index contributed by atoms with van der Waals surface area (Å²) in [4.78, 5) is 38.0. The van der Waals surface area contributed by atoms with E-state index in [0.29, 0.717) is 49.7 Å². The second-order valence-electron chi connectivity index (χ2n) is 9.81. The summed E-state index contributed by atoms with van der Waals surface area (Å²) in [6, 6.07) is 6.32. The van der Waals surface area contributed by atoms with Gasteiger partial charge in [-0.05, 0) is 31.4 Å². The maximum Gasteiger partial charge on any atom is 0.280 e. The first-order chi connectivity index (χ1) is 18.3. The van der Waals surface area contributed by atoms with Crippen molar-refractivity contribution in [2.24, 2.45) is 5.16 Å². The topological polar surface area (TPSA) is 139 Å². The molecule has 13 heteroatoms. The van der Waals surface area contributed by atoms with E-state index in [-0.39, 0.29) is 33.9 Å². The molecule has 11 nitrogen and oxygen atoms in total. The van der Waals surface area contributed by atoms with Gasteiger partial charge in [0.05, 0.1) is 23.4 Å². The van der Waals surface area contributed by atoms with Crippen LogP contribution in [0.4, 0.5) is 5.13 Å². The molecular formula is C25H31N5O6S2. The smallest absolute Gasteiger partial charge is 0.280 e. The molecule has 38 heavy (non-hydrogen) atoms. The van der Waals surface area contributed by atoms with Gasteiger partial charge in [0, 0.05) is 55.7 Å². The van der Waals surface area contributed by atoms with E-state index in [1.165, 1.54) is 30.4 Å². The largest absolute Gasteiger partial charge is 0.389 e. The standard InChI is InChI=1S/C25H31N5O6S2/c1-16(31)27-18-8-10-30(13-18)14-20-12-26-25(37-20)28-24(32)23(29-36-19-9-11-35-15-19)17-2-4-21(5-3-17)38(33,34)22-6-7-22/h2-5,12,18-19,22H,6-11,13-15H2,1H3,(H,27,31)(H,26,28,32)/t18-,19-/m1/s1. The fourth-order valence-electron chi connectivity index (χ4n) is 4.52. The summed E-state index contributed by atoms with van der Waals surface area (Å²) in [5, 5.41) is 10.0. The number of carbonyl (C=O) groups is 2. The Bertz CT molecular complexity index is 1300. The number of rotatable bonds is 10. The third kappa shape index (κ3) is 6.57. The fraction of sp³-hybridized carbons (Fsp3) is 0.520. The Kier molecular flexibility index (Phi) is 8.07. The summed E-state index contributed by atoms with van der Waals surface area (Å²) in [7, 11) is -3.34. The number of aromatic nitrogens is 1. The number of nitrogens with one attached hydrogen (secondary N) is 2. The lowest BCUT2D eigenvalue weighted by Gasteiger charge is -2.14. The lowest BCUT2D eigenvalue weighted by Crippen LogP contribution is -2.35. The Morgan fingerprint density at radius 3 is 2.68 bits per heavy atom. The van der Waals surface area contributed by atoms with Gasteiger partial charge in [0.1, 0.15) is 0 Å². The minimum Gasteiger partial charge on any atom is -0.389 e. The van der Waals surface area contributed by atoms with Crippen molar-refractivity contribution in [3.63, 3.8) is 0 Å². The second kappa shape index (κ2) is 11.5. The van der Waals surface area contributed by atoms with E-state index in [1.54, 1.807) is 18.3 Å². The van der Waals surface area contributed by atoms with Crippen LogP contribution >= 0.6 is 11.3 Å². The number of sulfone groups is 1. The van der Waals surface area contributed by atoms with E-state index < -0.39 is 15.7 Å². The molecule has 3 aliphatic rings. The molecule has 3 fully saturated rings. The highest BCUT2D eigenvalue weighted by atomic mass is 32.2. The van der Waals surface area contributed by atoms with Crippen LogP contribution < -0.4 is 10.6 Å². The van der Waals surface area contributed by atoms with Crippen molar-refractivity contribution >= 4 is 43.8 Å². The predicted octanol–water partition coefficient (Wildman–Crippen LogP) is 1.94. The van der Waals surface area contributed by atoms with Gasteiger partial charge in [0.15, 0.2) is 26.8 Å². The zero-order chi connectivity index (χ0) is 26.7. The van der Waals surface area contributed by atoms with Crippen molar-refractivity contribution in [3.8, 4) is 0 Å². The van der Waals surface area contributed by atoms with Crippen LogP contribution in [-0.4, -0.2) is 79.5 Å². The van der Waals surface area contributed by atoms with Gasteiger partial charge < -0.3 is 14.9 Å². The van der Waals surface area contributed by atoms with E-state index in [2.05, 4.69) is 25.7 Å². The minimum atomic E-state index is -3.34. The SMILES string of the molecule is CC(=O)N[C@@H]1CCN(Cc2cnc(NC(=O)C(=NO[C@@H]3CCOC3)c3ccc(S(=O)(=O)C4CC4)cc3)s2)C1. The third-order valence-electron chi connectivity index (χ3n) is 6.65. The van der Waals surface area contributed by atoms with Crippen LogP contribution in [0.1, 0.15) is 43.0 Å². The molecule has 1 aromatic heterocycles. The predicted molar refractivity (Wildman–Crippen MR) is 142 cm³/mol. The van der Waals surface area contributed by atoms with Gasteiger partial charge in [0.2, 0.25) is 5.91 Å². The number of amides is 2. The normalized spacial score (nSPS) is 22.4. The van der Waals surface area contributed by atoms with E-state index in [9.17, 15) is 18.0 Å². The van der Waals surface area contributed by atoms with Gasteiger partial charge in [-0.2, -0.15) is 0 Å². The summed E-state index contributed by atoms with van der Waals surface area (Å²) >= 11 is 1.37. The molecule has 0 radical (unpaired) electrons. The minimum absolute atomic E-state index is 0.0271. The fourth-order valence-corrected chi connectivity index (χ4v) is 7.03. The van der Waals surface area contributed by atoms with Gasteiger partial charge in [-0.15, -0.1) is 11.3 Å². The van der Waals surface area contributed by atoms with Crippen LogP contribution in [0.5, 0.6) is 0 Å². The van der Waals surface area contributed by atoms with Crippen molar-refractivity contribution in [1.29, 1.82) is 0 Å². The third-order valence-corrected chi connectivity index (χ3v) is 9.82. The first-order valence-electron chi connectivity index (χ1n) is 12.7. The molecule has 1 saturated carbocycles. The summed E-state index contributed by atoms with van der Waals surface area (Å²) in [5.41, 5.74) is 0.468. The number of thiazole rings is 1. The molecule has 2 aliphatic heterocycles. The summed E-state index contributed by atoms with van der Waals surface area (Å²) in [6.45, 7) is 4.80. The molecule has 1 aromatic carbocycles. The van der Waals surface area contributed by atoms with E-state index in [4.69, 9.17) is 9.57 Å². The van der Waals surface area contributed by atoms with Crippen molar-refractivity contribution in [2.45, 2.75) is 61.4 Å². The highest BCUT2D eigenvalue weighted by Crippen LogP contribution is 2.33. The monoisotopic (exact) mass is 561 g/mol. The lowest BCUT2D eigenvalue weighted by atomic mass is 10.1. The number of ether oxygens (including phenoxy) is 1. The highest BCUT2D eigenvalue weighted by molar-refractivity contribution is 7.92.